The van der Waals surface area contributed by atoms with Crippen molar-refractivity contribution in [3.63, 3.8) is 0 Å². The van der Waals surface area contributed by atoms with E-state index in [0.717, 1.165) is 0 Å². The van der Waals surface area contributed by atoms with E-state index in [2.05, 4.69) is 10.3 Å². The lowest BCUT2D eigenvalue weighted by molar-refractivity contribution is -0.125. The molecule has 1 atom stereocenters. The molecule has 2 aromatic rings. The molecular weight excluding hydrogens is 382 g/mol. The van der Waals surface area contributed by atoms with Crippen molar-refractivity contribution >= 4 is 46.0 Å². The zero-order valence-electron chi connectivity index (χ0n) is 14.5. The van der Waals surface area contributed by atoms with Crippen LogP contribution in [0.15, 0.2) is 70.9 Å². The minimum absolute atomic E-state index is 0.0822. The number of rotatable bonds is 3. The molecule has 0 aliphatic carbocycles. The number of benzene rings is 2. The Kier molecular flexibility index (Phi) is 4.76. The summed E-state index contributed by atoms with van der Waals surface area (Å²) < 4.78 is 0. The highest BCUT2D eigenvalue weighted by atomic mass is 35.5. The molecule has 0 bridgehead atoms. The van der Waals surface area contributed by atoms with Crippen molar-refractivity contribution in [2.24, 2.45) is 4.99 Å². The van der Waals surface area contributed by atoms with E-state index >= 15 is 0 Å². The van der Waals surface area contributed by atoms with Crippen LogP contribution in [0, 0.1) is 0 Å². The number of hydrogen-bond acceptors (Lipinski definition) is 4. The number of fused-ring (bicyclic) bond motifs is 1. The number of nitrogens with zero attached hydrogens (tertiary/aromatic N) is 2. The van der Waals surface area contributed by atoms with Crippen molar-refractivity contribution < 1.29 is 9.59 Å². The average molecular weight is 398 g/mol. The maximum Gasteiger partial charge on any atom is 0.255 e. The first-order chi connectivity index (χ1) is 13.1. The molecule has 0 radical (unpaired) electrons. The second-order valence-corrected chi connectivity index (χ2v) is 7.54. The highest BCUT2D eigenvalue weighted by Crippen LogP contribution is 2.42. The van der Waals surface area contributed by atoms with Crippen LogP contribution < -0.4 is 5.32 Å². The Morgan fingerprint density at radius 3 is 2.63 bits per heavy atom. The summed E-state index contributed by atoms with van der Waals surface area (Å²) in [5.41, 5.74) is 2.39. The van der Waals surface area contributed by atoms with Crippen LogP contribution in [0.2, 0.25) is 5.02 Å². The van der Waals surface area contributed by atoms with E-state index in [4.69, 9.17) is 11.6 Å². The SMILES string of the molecule is CC1=C(C(=O)Nc2ccccc2)C(c2ccccc2Cl)N2C(=O)CSC2=N1. The number of allylic oxidation sites excluding steroid dienone is 1. The van der Waals surface area contributed by atoms with Gasteiger partial charge in [-0.05, 0) is 30.7 Å². The Morgan fingerprint density at radius 1 is 1.19 bits per heavy atom. The van der Waals surface area contributed by atoms with E-state index in [0.29, 0.717) is 38.5 Å². The number of anilines is 1. The van der Waals surface area contributed by atoms with Crippen LogP contribution in [-0.4, -0.2) is 27.6 Å². The summed E-state index contributed by atoms with van der Waals surface area (Å²) in [6.07, 6.45) is 0. The molecule has 5 nitrogen and oxygen atoms in total. The first kappa shape index (κ1) is 17.8. The molecule has 27 heavy (non-hydrogen) atoms. The van der Waals surface area contributed by atoms with Gasteiger partial charge in [0.15, 0.2) is 5.17 Å². The van der Waals surface area contributed by atoms with Crippen LogP contribution >= 0.6 is 23.4 Å². The van der Waals surface area contributed by atoms with Gasteiger partial charge in [0.2, 0.25) is 5.91 Å². The highest BCUT2D eigenvalue weighted by molar-refractivity contribution is 8.15. The first-order valence-electron chi connectivity index (χ1n) is 8.41. The number of amides is 2. The number of thioether (sulfide) groups is 1. The number of amidine groups is 1. The fourth-order valence-corrected chi connectivity index (χ4v) is 4.42. The molecule has 1 fully saturated rings. The van der Waals surface area contributed by atoms with Gasteiger partial charge in [-0.25, -0.2) is 4.99 Å². The van der Waals surface area contributed by atoms with E-state index in [-0.39, 0.29) is 11.8 Å². The van der Waals surface area contributed by atoms with Gasteiger partial charge in [0, 0.05) is 10.7 Å². The fraction of sp³-hybridized carbons (Fsp3) is 0.150. The number of carbonyl (C=O) groups is 2. The fourth-order valence-electron chi connectivity index (χ4n) is 3.24. The van der Waals surface area contributed by atoms with Crippen molar-refractivity contribution in [3.05, 3.63) is 76.5 Å². The van der Waals surface area contributed by atoms with Gasteiger partial charge in [-0.1, -0.05) is 59.8 Å². The third-order valence-electron chi connectivity index (χ3n) is 4.46. The molecule has 7 heteroatoms. The molecule has 4 rings (SSSR count). The average Bonchev–Trinajstić information content (AvgIpc) is 3.02. The van der Waals surface area contributed by atoms with Crippen molar-refractivity contribution in [2.45, 2.75) is 13.0 Å². The molecule has 0 saturated carbocycles. The maximum atomic E-state index is 13.1. The third-order valence-corrected chi connectivity index (χ3v) is 5.74. The van der Waals surface area contributed by atoms with Crippen molar-refractivity contribution in [1.82, 2.24) is 4.90 Å². The largest absolute Gasteiger partial charge is 0.322 e. The molecule has 136 valence electrons. The molecule has 1 N–H and O–H groups in total. The Bertz CT molecular complexity index is 988. The lowest BCUT2D eigenvalue weighted by Gasteiger charge is -2.33. The monoisotopic (exact) mass is 397 g/mol. The number of nitrogens with one attached hydrogen (secondary N) is 1. The summed E-state index contributed by atoms with van der Waals surface area (Å²) in [7, 11) is 0. The Morgan fingerprint density at radius 2 is 1.89 bits per heavy atom. The van der Waals surface area contributed by atoms with E-state index in [9.17, 15) is 9.59 Å². The van der Waals surface area contributed by atoms with Gasteiger partial charge in [0.05, 0.1) is 23.1 Å². The molecule has 2 aromatic carbocycles. The minimum atomic E-state index is -0.600. The quantitative estimate of drug-likeness (QED) is 0.842. The van der Waals surface area contributed by atoms with Crippen molar-refractivity contribution in [1.29, 1.82) is 0 Å². The van der Waals surface area contributed by atoms with Gasteiger partial charge in [0.1, 0.15) is 0 Å². The van der Waals surface area contributed by atoms with Gasteiger partial charge in [0.25, 0.3) is 5.91 Å². The van der Waals surface area contributed by atoms with E-state index in [1.807, 2.05) is 48.5 Å². The number of carbonyl (C=O) groups excluding carboxylic acids is 2. The lowest BCUT2D eigenvalue weighted by atomic mass is 9.93. The predicted molar refractivity (Wildman–Crippen MR) is 109 cm³/mol. The molecule has 2 aliphatic heterocycles. The Hall–Kier alpha value is -2.57. The Labute approximate surface area is 166 Å². The molecule has 2 heterocycles. The molecular formula is C20H16ClN3O2S. The lowest BCUT2D eigenvalue weighted by Crippen LogP contribution is -2.40. The summed E-state index contributed by atoms with van der Waals surface area (Å²) in [6.45, 7) is 1.79. The van der Waals surface area contributed by atoms with E-state index in [1.54, 1.807) is 17.9 Å². The van der Waals surface area contributed by atoms with Gasteiger partial charge < -0.3 is 5.32 Å². The van der Waals surface area contributed by atoms with E-state index < -0.39 is 6.04 Å². The predicted octanol–water partition coefficient (Wildman–Crippen LogP) is 4.24. The van der Waals surface area contributed by atoms with Gasteiger partial charge in [-0.3, -0.25) is 14.5 Å². The molecule has 2 amide bonds. The van der Waals surface area contributed by atoms with Gasteiger partial charge in [-0.15, -0.1) is 0 Å². The Balaban J connectivity index is 1.81. The summed E-state index contributed by atoms with van der Waals surface area (Å²) in [4.78, 5) is 31.8. The van der Waals surface area contributed by atoms with Crippen LogP contribution in [0.3, 0.4) is 0 Å². The molecule has 0 aromatic heterocycles. The van der Waals surface area contributed by atoms with Crippen LogP contribution in [0.1, 0.15) is 18.5 Å². The number of aliphatic imine (C=N–C) groups is 1. The van der Waals surface area contributed by atoms with Crippen molar-refractivity contribution in [2.75, 3.05) is 11.1 Å². The summed E-state index contributed by atoms with van der Waals surface area (Å²) >= 11 is 7.81. The topological polar surface area (TPSA) is 61.8 Å². The minimum Gasteiger partial charge on any atom is -0.322 e. The van der Waals surface area contributed by atoms with Gasteiger partial charge >= 0.3 is 0 Å². The second kappa shape index (κ2) is 7.21. The summed E-state index contributed by atoms with van der Waals surface area (Å²) in [5, 5.41) is 4.02. The van der Waals surface area contributed by atoms with Crippen molar-refractivity contribution in [3.8, 4) is 0 Å². The van der Waals surface area contributed by atoms with Crippen LogP contribution in [-0.2, 0) is 9.59 Å². The number of hydrogen-bond donors (Lipinski definition) is 1. The second-order valence-electron chi connectivity index (χ2n) is 6.19. The molecule has 1 saturated heterocycles. The number of para-hydroxylation sites is 1. The molecule has 1 unspecified atom stereocenters. The van der Waals surface area contributed by atoms with Crippen LogP contribution in [0.5, 0.6) is 0 Å². The molecule has 0 spiro atoms. The van der Waals surface area contributed by atoms with Crippen LogP contribution in [0.4, 0.5) is 5.69 Å². The highest BCUT2D eigenvalue weighted by Gasteiger charge is 2.43. The first-order valence-corrected chi connectivity index (χ1v) is 9.78. The third kappa shape index (κ3) is 3.26. The standard InChI is InChI=1S/C20H16ClN3O2S/c1-12-17(19(26)23-13-7-3-2-4-8-13)18(14-9-5-6-10-15(14)21)24-16(25)11-27-20(24)22-12/h2-10,18H,11H2,1H3,(H,23,26). The normalized spacial score (nSPS) is 19.0. The van der Waals surface area contributed by atoms with E-state index in [1.165, 1.54) is 11.8 Å². The zero-order chi connectivity index (χ0) is 19.0. The summed E-state index contributed by atoms with van der Waals surface area (Å²) in [5.74, 6) is -0.0713. The summed E-state index contributed by atoms with van der Waals surface area (Å²) in [6, 6.07) is 15.9. The number of halogens is 1. The maximum absolute atomic E-state index is 13.1. The van der Waals surface area contributed by atoms with Gasteiger partial charge in [-0.2, -0.15) is 0 Å². The zero-order valence-corrected chi connectivity index (χ0v) is 16.1. The smallest absolute Gasteiger partial charge is 0.255 e. The molecule has 2 aliphatic rings. The van der Waals surface area contributed by atoms with Crippen LogP contribution in [0.25, 0.3) is 0 Å².